The average molecular weight is 460 g/mol. The van der Waals surface area contributed by atoms with E-state index in [4.69, 9.17) is 9.90 Å². The first-order chi connectivity index (χ1) is 14.9. The Kier molecular flexibility index (Phi) is 11.2. The van der Waals surface area contributed by atoms with Crippen LogP contribution in [0.2, 0.25) is 0 Å². The summed E-state index contributed by atoms with van der Waals surface area (Å²) in [6, 6.07) is 7.68. The van der Waals surface area contributed by atoms with Crippen LogP contribution in [0.25, 0.3) is 0 Å². The van der Waals surface area contributed by atoms with Crippen molar-refractivity contribution in [2.24, 2.45) is 5.92 Å². The van der Waals surface area contributed by atoms with Gasteiger partial charge in [-0.15, -0.1) is 0 Å². The number of hydrogen-bond acceptors (Lipinski definition) is 4. The molecule has 0 bridgehead atoms. The Hall–Kier alpha value is -2.62. The second-order valence-electron chi connectivity index (χ2n) is 8.03. The van der Waals surface area contributed by atoms with E-state index in [-0.39, 0.29) is 11.8 Å². The molecule has 2 rings (SSSR count). The molecule has 0 radical (unpaired) electrons. The molecular formula is C22H32F3N3O4. The van der Waals surface area contributed by atoms with Crippen LogP contribution in [0.15, 0.2) is 24.3 Å². The number of hydrogen-bond donors (Lipinski definition) is 2. The van der Waals surface area contributed by atoms with Gasteiger partial charge >= 0.3 is 12.1 Å². The van der Waals surface area contributed by atoms with Gasteiger partial charge in [0.15, 0.2) is 0 Å². The molecular weight excluding hydrogens is 427 g/mol. The molecule has 2 amide bonds. The summed E-state index contributed by atoms with van der Waals surface area (Å²) in [6.45, 7) is 10.7. The lowest BCUT2D eigenvalue weighted by atomic mass is 10.1. The highest BCUT2D eigenvalue weighted by Gasteiger charge is 2.38. The molecule has 0 spiro atoms. The number of piperazine rings is 1. The molecule has 1 aromatic rings. The molecule has 10 heteroatoms. The largest absolute Gasteiger partial charge is 0.490 e. The first kappa shape index (κ1) is 27.4. The Balaban J connectivity index is 0.000000633. The maximum atomic E-state index is 12.9. The van der Waals surface area contributed by atoms with Gasteiger partial charge in [-0.2, -0.15) is 13.2 Å². The minimum Gasteiger partial charge on any atom is -0.475 e. The number of carbonyl (C=O) groups is 3. The standard InChI is InChI=1S/C20H31N3O2.C2HF3O2/c1-16(2)7-11-23(20(25)18-6-4-5-17(3)15-18)12-8-19(24)22-13-9-21-10-14-22;3-2(4,5)1(6)7/h4-6,15-16,21H,7-14H2,1-3H3;(H,6,7). The van der Waals surface area contributed by atoms with Crippen molar-refractivity contribution in [3.05, 3.63) is 35.4 Å². The van der Waals surface area contributed by atoms with Gasteiger partial charge in [0.25, 0.3) is 5.91 Å². The number of nitrogens with one attached hydrogen (secondary N) is 1. The third kappa shape index (κ3) is 10.1. The van der Waals surface area contributed by atoms with Crippen molar-refractivity contribution in [2.75, 3.05) is 39.3 Å². The number of carbonyl (C=O) groups excluding carboxylic acids is 2. The van der Waals surface area contributed by atoms with Gasteiger partial charge in [-0.05, 0) is 31.4 Å². The first-order valence-corrected chi connectivity index (χ1v) is 10.6. The summed E-state index contributed by atoms with van der Waals surface area (Å²) in [7, 11) is 0. The highest BCUT2D eigenvalue weighted by atomic mass is 19.4. The third-order valence-electron chi connectivity index (χ3n) is 4.84. The average Bonchev–Trinajstić information content (AvgIpc) is 2.73. The number of carboxylic acid groups (broad SMARTS) is 1. The lowest BCUT2D eigenvalue weighted by Gasteiger charge is -2.29. The van der Waals surface area contributed by atoms with E-state index in [1.807, 2.05) is 41.0 Å². The Labute approximate surface area is 186 Å². The smallest absolute Gasteiger partial charge is 0.475 e. The molecule has 1 aromatic carbocycles. The highest BCUT2D eigenvalue weighted by molar-refractivity contribution is 5.94. The summed E-state index contributed by atoms with van der Waals surface area (Å²) in [5.41, 5.74) is 1.78. The molecule has 1 aliphatic rings. The van der Waals surface area contributed by atoms with Gasteiger partial charge in [-0.25, -0.2) is 4.79 Å². The fourth-order valence-corrected chi connectivity index (χ4v) is 2.99. The molecule has 180 valence electrons. The second-order valence-corrected chi connectivity index (χ2v) is 8.03. The Morgan fingerprint density at radius 3 is 2.25 bits per heavy atom. The van der Waals surface area contributed by atoms with E-state index in [0.29, 0.717) is 31.0 Å². The maximum Gasteiger partial charge on any atom is 0.490 e. The van der Waals surface area contributed by atoms with Crippen LogP contribution in [0.3, 0.4) is 0 Å². The summed E-state index contributed by atoms with van der Waals surface area (Å²) in [5, 5.41) is 10.4. The number of halogens is 3. The predicted molar refractivity (Wildman–Crippen MR) is 114 cm³/mol. The molecule has 0 aromatic heterocycles. The van der Waals surface area contributed by atoms with Gasteiger partial charge in [0.2, 0.25) is 5.91 Å². The van der Waals surface area contributed by atoms with Crippen LogP contribution in [0, 0.1) is 12.8 Å². The third-order valence-corrected chi connectivity index (χ3v) is 4.84. The maximum absolute atomic E-state index is 12.9. The molecule has 1 heterocycles. The number of rotatable bonds is 7. The van der Waals surface area contributed by atoms with Crippen molar-refractivity contribution < 1.29 is 32.7 Å². The lowest BCUT2D eigenvalue weighted by molar-refractivity contribution is -0.192. The van der Waals surface area contributed by atoms with E-state index < -0.39 is 12.1 Å². The van der Waals surface area contributed by atoms with Crippen LogP contribution in [0.4, 0.5) is 13.2 Å². The van der Waals surface area contributed by atoms with E-state index in [2.05, 4.69) is 19.2 Å². The fraction of sp³-hybridized carbons (Fsp3) is 0.591. The van der Waals surface area contributed by atoms with Gasteiger partial charge in [-0.1, -0.05) is 31.5 Å². The number of amides is 2. The van der Waals surface area contributed by atoms with E-state index in [1.54, 1.807) is 0 Å². The van der Waals surface area contributed by atoms with Crippen molar-refractivity contribution in [1.82, 2.24) is 15.1 Å². The first-order valence-electron chi connectivity index (χ1n) is 10.6. The summed E-state index contributed by atoms with van der Waals surface area (Å²) >= 11 is 0. The number of aliphatic carboxylic acids is 1. The van der Waals surface area contributed by atoms with E-state index in [0.717, 1.165) is 38.2 Å². The van der Waals surface area contributed by atoms with Crippen molar-refractivity contribution >= 4 is 17.8 Å². The number of benzene rings is 1. The van der Waals surface area contributed by atoms with E-state index >= 15 is 0 Å². The monoisotopic (exact) mass is 459 g/mol. The number of aryl methyl sites for hydroxylation is 1. The Morgan fingerprint density at radius 1 is 1.16 bits per heavy atom. The molecule has 7 nitrogen and oxygen atoms in total. The van der Waals surface area contributed by atoms with E-state index in [9.17, 15) is 22.8 Å². The summed E-state index contributed by atoms with van der Waals surface area (Å²) in [4.78, 5) is 37.9. The van der Waals surface area contributed by atoms with Gasteiger partial charge in [0, 0.05) is 51.3 Å². The van der Waals surface area contributed by atoms with Crippen LogP contribution in [-0.4, -0.2) is 78.1 Å². The van der Waals surface area contributed by atoms with Crippen LogP contribution >= 0.6 is 0 Å². The van der Waals surface area contributed by atoms with Crippen molar-refractivity contribution in [3.63, 3.8) is 0 Å². The zero-order valence-electron chi connectivity index (χ0n) is 18.7. The van der Waals surface area contributed by atoms with Gasteiger partial charge in [0.05, 0.1) is 0 Å². The van der Waals surface area contributed by atoms with Crippen LogP contribution in [0.5, 0.6) is 0 Å². The zero-order chi connectivity index (χ0) is 24.3. The predicted octanol–water partition coefficient (Wildman–Crippen LogP) is 2.94. The Bertz CT molecular complexity index is 763. The minimum absolute atomic E-state index is 0.0254. The Morgan fingerprint density at radius 2 is 1.75 bits per heavy atom. The summed E-state index contributed by atoms with van der Waals surface area (Å²) in [6.07, 6.45) is -3.74. The van der Waals surface area contributed by atoms with Crippen molar-refractivity contribution in [2.45, 2.75) is 39.8 Å². The van der Waals surface area contributed by atoms with Gasteiger partial charge < -0.3 is 20.2 Å². The number of alkyl halides is 3. The van der Waals surface area contributed by atoms with Crippen LogP contribution < -0.4 is 5.32 Å². The lowest BCUT2D eigenvalue weighted by Crippen LogP contribution is -2.47. The topological polar surface area (TPSA) is 90.0 Å². The van der Waals surface area contributed by atoms with Gasteiger partial charge in [0.1, 0.15) is 0 Å². The summed E-state index contributed by atoms with van der Waals surface area (Å²) in [5.74, 6) is -2.06. The SMILES string of the molecule is Cc1cccc(C(=O)N(CCC(=O)N2CCNCC2)CCC(C)C)c1.O=C(O)C(F)(F)F. The van der Waals surface area contributed by atoms with E-state index in [1.165, 1.54) is 0 Å². The normalized spacial score (nSPS) is 13.9. The van der Waals surface area contributed by atoms with Crippen LogP contribution in [0.1, 0.15) is 42.6 Å². The zero-order valence-corrected chi connectivity index (χ0v) is 18.7. The quantitative estimate of drug-likeness (QED) is 0.655. The number of carboxylic acids is 1. The summed E-state index contributed by atoms with van der Waals surface area (Å²) < 4.78 is 31.7. The molecule has 0 atom stereocenters. The van der Waals surface area contributed by atoms with Crippen molar-refractivity contribution in [3.8, 4) is 0 Å². The molecule has 32 heavy (non-hydrogen) atoms. The molecule has 1 fully saturated rings. The number of nitrogens with zero attached hydrogens (tertiary/aromatic N) is 2. The van der Waals surface area contributed by atoms with Crippen LogP contribution in [-0.2, 0) is 9.59 Å². The fourth-order valence-electron chi connectivity index (χ4n) is 2.99. The highest BCUT2D eigenvalue weighted by Crippen LogP contribution is 2.13. The molecule has 0 saturated carbocycles. The second kappa shape index (κ2) is 13.0. The molecule has 0 aliphatic carbocycles. The molecule has 2 N–H and O–H groups in total. The van der Waals surface area contributed by atoms with Crippen molar-refractivity contribution in [1.29, 1.82) is 0 Å². The van der Waals surface area contributed by atoms with Gasteiger partial charge in [-0.3, -0.25) is 9.59 Å². The molecule has 0 unspecified atom stereocenters. The molecule has 1 aliphatic heterocycles. The minimum atomic E-state index is -5.08. The molecule has 1 saturated heterocycles.